The summed E-state index contributed by atoms with van der Waals surface area (Å²) < 4.78 is 0. The van der Waals surface area contributed by atoms with Gasteiger partial charge in [-0.2, -0.15) is 0 Å². The van der Waals surface area contributed by atoms with Crippen molar-refractivity contribution in [3.63, 3.8) is 0 Å². The third kappa shape index (κ3) is 1.13. The van der Waals surface area contributed by atoms with Crippen molar-refractivity contribution in [1.82, 2.24) is 0 Å². The fourth-order valence-corrected chi connectivity index (χ4v) is 2.16. The smallest absolute Gasteiger partial charge is 0.121 e. The summed E-state index contributed by atoms with van der Waals surface area (Å²) >= 11 is 0. The molecule has 0 bridgehead atoms. The van der Waals surface area contributed by atoms with Crippen LogP contribution in [0.4, 0.5) is 0 Å². The minimum Gasteiger partial charge on any atom is -0.508 e. The highest BCUT2D eigenvalue weighted by atomic mass is 16.3. The van der Waals surface area contributed by atoms with Crippen molar-refractivity contribution in [2.24, 2.45) is 0 Å². The Morgan fingerprint density at radius 3 is 2.69 bits per heavy atom. The van der Waals surface area contributed by atoms with Crippen LogP contribution in [0.2, 0.25) is 0 Å². The van der Waals surface area contributed by atoms with Crippen LogP contribution in [0.25, 0.3) is 0 Å². The summed E-state index contributed by atoms with van der Waals surface area (Å²) in [6.45, 7) is 3.78. The van der Waals surface area contributed by atoms with Gasteiger partial charge in [0.2, 0.25) is 0 Å². The van der Waals surface area contributed by atoms with Crippen molar-refractivity contribution in [2.75, 3.05) is 0 Å². The molecule has 0 saturated carbocycles. The molecule has 0 saturated heterocycles. The topological polar surface area (TPSA) is 40.5 Å². The van der Waals surface area contributed by atoms with E-state index in [0.29, 0.717) is 6.42 Å². The third-order valence-corrected chi connectivity index (χ3v) is 2.93. The lowest BCUT2D eigenvalue weighted by Gasteiger charge is -2.19. The van der Waals surface area contributed by atoms with Crippen LogP contribution < -0.4 is 0 Å². The van der Waals surface area contributed by atoms with Gasteiger partial charge in [-0.05, 0) is 43.9 Å². The van der Waals surface area contributed by atoms with Gasteiger partial charge in [0, 0.05) is 5.56 Å². The molecular formula is C11H14O2. The number of fused-ring (bicyclic) bond motifs is 1. The van der Waals surface area contributed by atoms with E-state index in [9.17, 15) is 10.2 Å². The zero-order valence-electron chi connectivity index (χ0n) is 7.96. The van der Waals surface area contributed by atoms with Crippen LogP contribution in [0.15, 0.2) is 12.1 Å². The quantitative estimate of drug-likeness (QED) is 0.636. The van der Waals surface area contributed by atoms with Crippen LogP contribution >= 0.6 is 0 Å². The van der Waals surface area contributed by atoms with E-state index in [1.165, 1.54) is 0 Å². The molecule has 13 heavy (non-hydrogen) atoms. The van der Waals surface area contributed by atoms with Crippen molar-refractivity contribution >= 4 is 0 Å². The first kappa shape index (κ1) is 8.57. The minimum absolute atomic E-state index is 0.225. The van der Waals surface area contributed by atoms with E-state index in [4.69, 9.17) is 0 Å². The van der Waals surface area contributed by atoms with Gasteiger partial charge in [-0.3, -0.25) is 0 Å². The molecule has 1 aromatic carbocycles. The van der Waals surface area contributed by atoms with Crippen molar-refractivity contribution in [3.8, 4) is 5.75 Å². The van der Waals surface area contributed by atoms with Gasteiger partial charge >= 0.3 is 0 Å². The van der Waals surface area contributed by atoms with Crippen molar-refractivity contribution in [2.45, 2.75) is 32.3 Å². The fourth-order valence-electron chi connectivity index (χ4n) is 2.16. The molecule has 2 heteroatoms. The van der Waals surface area contributed by atoms with E-state index >= 15 is 0 Å². The van der Waals surface area contributed by atoms with E-state index < -0.39 is 5.60 Å². The normalized spacial score (nSPS) is 26.1. The number of aliphatic hydroxyl groups is 1. The molecular weight excluding hydrogens is 164 g/mol. The summed E-state index contributed by atoms with van der Waals surface area (Å²) in [7, 11) is 0. The average molecular weight is 178 g/mol. The highest BCUT2D eigenvalue weighted by molar-refractivity contribution is 5.50. The maximum Gasteiger partial charge on any atom is 0.121 e. The Morgan fingerprint density at radius 2 is 2.08 bits per heavy atom. The second-order valence-corrected chi connectivity index (χ2v) is 4.03. The molecule has 0 aliphatic heterocycles. The highest BCUT2D eigenvalue weighted by Gasteiger charge is 2.35. The van der Waals surface area contributed by atoms with E-state index in [0.717, 1.165) is 23.1 Å². The maximum atomic E-state index is 9.99. The van der Waals surface area contributed by atoms with Gasteiger partial charge in [-0.1, -0.05) is 6.07 Å². The molecule has 1 atom stereocenters. The molecule has 0 aromatic heterocycles. The Labute approximate surface area is 77.8 Å². The van der Waals surface area contributed by atoms with Gasteiger partial charge in [-0.15, -0.1) is 0 Å². The van der Waals surface area contributed by atoms with Crippen LogP contribution in [0.1, 0.15) is 30.0 Å². The summed E-state index contributed by atoms with van der Waals surface area (Å²) in [6, 6.07) is 3.56. The second kappa shape index (κ2) is 2.48. The van der Waals surface area contributed by atoms with Crippen molar-refractivity contribution in [1.29, 1.82) is 0 Å². The van der Waals surface area contributed by atoms with Crippen LogP contribution in [-0.2, 0) is 12.0 Å². The van der Waals surface area contributed by atoms with E-state index in [2.05, 4.69) is 0 Å². The zero-order chi connectivity index (χ0) is 9.64. The molecule has 2 N–H and O–H groups in total. The van der Waals surface area contributed by atoms with Gasteiger partial charge in [-0.25, -0.2) is 0 Å². The molecule has 70 valence electrons. The molecule has 0 heterocycles. The molecule has 2 rings (SSSR count). The average Bonchev–Trinajstić information content (AvgIpc) is 2.36. The van der Waals surface area contributed by atoms with E-state index in [1.807, 2.05) is 13.0 Å². The van der Waals surface area contributed by atoms with Gasteiger partial charge in [0.1, 0.15) is 5.75 Å². The lowest BCUT2D eigenvalue weighted by Crippen LogP contribution is -2.16. The number of hydrogen-bond donors (Lipinski definition) is 2. The van der Waals surface area contributed by atoms with Crippen LogP contribution in [0.3, 0.4) is 0 Å². The van der Waals surface area contributed by atoms with E-state index in [-0.39, 0.29) is 5.75 Å². The van der Waals surface area contributed by atoms with Gasteiger partial charge in [0.05, 0.1) is 5.60 Å². The van der Waals surface area contributed by atoms with Gasteiger partial charge in [0.15, 0.2) is 0 Å². The predicted molar refractivity (Wildman–Crippen MR) is 50.7 cm³/mol. The first-order valence-electron chi connectivity index (χ1n) is 4.57. The maximum absolute atomic E-state index is 9.99. The molecule has 0 spiro atoms. The minimum atomic E-state index is -0.842. The van der Waals surface area contributed by atoms with Gasteiger partial charge in [0.25, 0.3) is 0 Å². The lowest BCUT2D eigenvalue weighted by molar-refractivity contribution is 0.0572. The Balaban J connectivity index is 2.70. The molecule has 1 unspecified atom stereocenters. The Bertz CT molecular complexity index is 353. The lowest BCUT2D eigenvalue weighted by atomic mass is 9.96. The fraction of sp³-hybridized carbons (Fsp3) is 0.455. The molecule has 0 amide bonds. The number of hydrogen-bond acceptors (Lipinski definition) is 2. The first-order valence-corrected chi connectivity index (χ1v) is 4.57. The standard InChI is InChI=1S/C11H14O2/c1-7-3-4-9(12)10-8(7)5-6-11(10,2)13/h3-4,12-13H,5-6H2,1-2H3. The summed E-state index contributed by atoms with van der Waals surface area (Å²) in [5.41, 5.74) is 2.16. The summed E-state index contributed by atoms with van der Waals surface area (Å²) in [6.07, 6.45) is 1.57. The second-order valence-electron chi connectivity index (χ2n) is 4.03. The number of phenolic OH excluding ortho intramolecular Hbond substituents is 1. The SMILES string of the molecule is Cc1ccc(O)c2c1CCC2(C)O. The van der Waals surface area contributed by atoms with Crippen molar-refractivity contribution < 1.29 is 10.2 Å². The zero-order valence-corrected chi connectivity index (χ0v) is 7.96. The predicted octanol–water partition coefficient (Wildman–Crippen LogP) is 1.85. The van der Waals surface area contributed by atoms with Gasteiger partial charge < -0.3 is 10.2 Å². The van der Waals surface area contributed by atoms with Crippen LogP contribution in [0.5, 0.6) is 5.75 Å². The molecule has 0 fully saturated rings. The summed E-state index contributed by atoms with van der Waals surface area (Å²) in [5, 5.41) is 19.6. The number of aryl methyl sites for hydroxylation is 1. The summed E-state index contributed by atoms with van der Waals surface area (Å²) in [4.78, 5) is 0. The number of benzene rings is 1. The van der Waals surface area contributed by atoms with E-state index in [1.54, 1.807) is 13.0 Å². The summed E-state index contributed by atoms with van der Waals surface area (Å²) in [5.74, 6) is 0.225. The van der Waals surface area contributed by atoms with Crippen molar-refractivity contribution in [3.05, 3.63) is 28.8 Å². The third-order valence-electron chi connectivity index (χ3n) is 2.93. The van der Waals surface area contributed by atoms with Crippen LogP contribution in [0, 0.1) is 6.92 Å². The number of rotatable bonds is 0. The Kier molecular flexibility index (Phi) is 1.64. The Morgan fingerprint density at radius 1 is 1.38 bits per heavy atom. The molecule has 1 aromatic rings. The molecule has 2 nitrogen and oxygen atoms in total. The largest absolute Gasteiger partial charge is 0.508 e. The monoisotopic (exact) mass is 178 g/mol. The van der Waals surface area contributed by atoms with Crippen LogP contribution in [-0.4, -0.2) is 10.2 Å². The highest BCUT2D eigenvalue weighted by Crippen LogP contribution is 2.42. The first-order chi connectivity index (χ1) is 6.02. The molecule has 1 aliphatic rings. The Hall–Kier alpha value is -1.02. The number of phenols is 1. The number of aromatic hydroxyl groups is 1. The molecule has 1 aliphatic carbocycles. The molecule has 0 radical (unpaired) electrons.